The first-order chi connectivity index (χ1) is 13.1. The summed E-state index contributed by atoms with van der Waals surface area (Å²) in [6.07, 6.45) is -3.18. The lowest BCUT2D eigenvalue weighted by Gasteiger charge is -2.11. The maximum atomic E-state index is 12.8. The van der Waals surface area contributed by atoms with Gasteiger partial charge in [0.05, 0.1) is 27.0 Å². The van der Waals surface area contributed by atoms with E-state index in [1.807, 2.05) is 0 Å². The highest BCUT2D eigenvalue weighted by atomic mass is 35.5. The van der Waals surface area contributed by atoms with Crippen molar-refractivity contribution in [3.05, 3.63) is 50.5 Å². The molecule has 0 spiro atoms. The van der Waals surface area contributed by atoms with E-state index >= 15 is 0 Å². The van der Waals surface area contributed by atoms with Crippen molar-refractivity contribution in [1.29, 1.82) is 10.5 Å². The van der Waals surface area contributed by atoms with Crippen molar-refractivity contribution in [1.82, 2.24) is 15.0 Å². The fourth-order valence-electron chi connectivity index (χ4n) is 2.05. The van der Waals surface area contributed by atoms with Gasteiger partial charge in [0.1, 0.15) is 23.5 Å². The summed E-state index contributed by atoms with van der Waals surface area (Å²) >= 11 is 11.9. The van der Waals surface area contributed by atoms with Gasteiger partial charge in [0.15, 0.2) is 5.70 Å². The van der Waals surface area contributed by atoms with E-state index in [1.54, 1.807) is 19.1 Å². The molecule has 2 aromatic rings. The maximum Gasteiger partial charge on any atom is 0.416 e. The Balaban J connectivity index is 2.36. The Morgan fingerprint density at radius 3 is 2.36 bits per heavy atom. The molecule has 12 heteroatoms. The number of alkyl halides is 3. The van der Waals surface area contributed by atoms with Gasteiger partial charge in [0.2, 0.25) is 0 Å². The molecule has 0 fully saturated rings. The lowest BCUT2D eigenvalue weighted by Crippen LogP contribution is -2.08. The molecule has 1 aromatic carbocycles. The van der Waals surface area contributed by atoms with Gasteiger partial charge in [-0.15, -0.1) is 4.80 Å². The summed E-state index contributed by atoms with van der Waals surface area (Å²) in [6, 6.07) is 4.76. The normalized spacial score (nSPS) is 12.6. The van der Waals surface area contributed by atoms with Crippen LogP contribution in [0.5, 0.6) is 0 Å². The lowest BCUT2D eigenvalue weighted by molar-refractivity contribution is -0.137. The first-order valence-electron chi connectivity index (χ1n) is 7.40. The van der Waals surface area contributed by atoms with Crippen LogP contribution < -0.4 is 5.73 Å². The number of halogens is 5. The van der Waals surface area contributed by atoms with Crippen LogP contribution in [-0.4, -0.2) is 21.2 Å². The molecule has 1 heterocycles. The maximum absolute atomic E-state index is 12.8. The van der Waals surface area contributed by atoms with Crippen LogP contribution in [0.2, 0.25) is 10.0 Å². The fourth-order valence-corrected chi connectivity index (χ4v) is 2.69. The number of aromatic nitrogens is 3. The van der Waals surface area contributed by atoms with Gasteiger partial charge in [-0.2, -0.15) is 33.9 Å². The topological polar surface area (TPSA) is 117 Å². The zero-order valence-corrected chi connectivity index (χ0v) is 15.6. The second-order valence-corrected chi connectivity index (χ2v) is 6.12. The number of nitrogens with two attached hydrogens (primary N) is 1. The molecule has 144 valence electrons. The Bertz CT molecular complexity index is 1030. The van der Waals surface area contributed by atoms with Gasteiger partial charge in [0.25, 0.3) is 0 Å². The quantitative estimate of drug-likeness (QED) is 0.588. The number of allylic oxidation sites excluding steroid dienone is 2. The Labute approximate surface area is 167 Å². The van der Waals surface area contributed by atoms with E-state index in [2.05, 4.69) is 15.2 Å². The SMILES string of the molecule is Cc1nn(-c2c(Cl)cc(C(F)(F)F)cc2Cl)nc1CC=N/C(C#N)=C(\N)C#N. The standard InChI is InChI=1S/C16H10Cl2F3N7/c1-8-13(2-3-25-14(7-23)12(24)6-22)27-28(26-8)15-10(17)4-9(5-11(15)18)16(19,20)21/h3-5H,2,24H2,1H3/b14-12-,25-3?. The summed E-state index contributed by atoms with van der Waals surface area (Å²) in [5.74, 6) is 0. The second kappa shape index (κ2) is 8.30. The largest absolute Gasteiger partial charge is 0.416 e. The summed E-state index contributed by atoms with van der Waals surface area (Å²) in [5, 5.41) is 25.3. The molecule has 0 bridgehead atoms. The average Bonchev–Trinajstić information content (AvgIpc) is 2.97. The zero-order chi connectivity index (χ0) is 21.1. The minimum Gasteiger partial charge on any atom is -0.388 e. The van der Waals surface area contributed by atoms with Crippen molar-refractivity contribution in [3.63, 3.8) is 0 Å². The van der Waals surface area contributed by atoms with E-state index in [0.717, 1.165) is 16.9 Å². The Morgan fingerprint density at radius 1 is 1.25 bits per heavy atom. The van der Waals surface area contributed by atoms with Gasteiger partial charge in [-0.1, -0.05) is 23.2 Å². The van der Waals surface area contributed by atoms with E-state index < -0.39 is 11.7 Å². The van der Waals surface area contributed by atoms with E-state index in [1.165, 1.54) is 6.21 Å². The molecule has 7 nitrogen and oxygen atoms in total. The molecule has 28 heavy (non-hydrogen) atoms. The molecule has 0 aliphatic heterocycles. The molecule has 0 radical (unpaired) electrons. The van der Waals surface area contributed by atoms with Crippen molar-refractivity contribution in [2.75, 3.05) is 0 Å². The predicted molar refractivity (Wildman–Crippen MR) is 95.8 cm³/mol. The van der Waals surface area contributed by atoms with Crippen LogP contribution in [0.4, 0.5) is 13.2 Å². The molecule has 0 unspecified atom stereocenters. The van der Waals surface area contributed by atoms with Gasteiger partial charge in [-0.05, 0) is 19.1 Å². The Kier molecular flexibility index (Phi) is 6.29. The van der Waals surface area contributed by atoms with Crippen LogP contribution in [0.1, 0.15) is 17.0 Å². The van der Waals surface area contributed by atoms with Gasteiger partial charge >= 0.3 is 6.18 Å². The highest BCUT2D eigenvalue weighted by Crippen LogP contribution is 2.37. The smallest absolute Gasteiger partial charge is 0.388 e. The number of hydrogen-bond acceptors (Lipinski definition) is 6. The molecule has 0 atom stereocenters. The third-order valence-corrected chi connectivity index (χ3v) is 3.98. The van der Waals surface area contributed by atoms with Crippen LogP contribution in [-0.2, 0) is 12.6 Å². The summed E-state index contributed by atoms with van der Waals surface area (Å²) in [6.45, 7) is 1.61. The number of benzene rings is 1. The van der Waals surface area contributed by atoms with Crippen LogP contribution in [0.15, 0.2) is 28.5 Å². The van der Waals surface area contributed by atoms with Crippen LogP contribution >= 0.6 is 23.2 Å². The van der Waals surface area contributed by atoms with E-state index in [9.17, 15) is 13.2 Å². The molecular formula is C16H10Cl2F3N7. The minimum atomic E-state index is -4.60. The molecular weight excluding hydrogens is 418 g/mol. The third kappa shape index (κ3) is 4.60. The summed E-state index contributed by atoms with van der Waals surface area (Å²) < 4.78 is 38.5. The second-order valence-electron chi connectivity index (χ2n) is 5.31. The highest BCUT2D eigenvalue weighted by molar-refractivity contribution is 6.37. The number of aryl methyl sites for hydroxylation is 1. The average molecular weight is 428 g/mol. The molecule has 2 rings (SSSR count). The van der Waals surface area contributed by atoms with Crippen molar-refractivity contribution >= 4 is 29.4 Å². The molecule has 2 N–H and O–H groups in total. The Morgan fingerprint density at radius 2 is 1.86 bits per heavy atom. The number of nitrogens with zero attached hydrogens (tertiary/aromatic N) is 6. The summed E-state index contributed by atoms with van der Waals surface area (Å²) in [7, 11) is 0. The number of rotatable bonds is 4. The van der Waals surface area contributed by atoms with E-state index in [-0.39, 0.29) is 33.5 Å². The first kappa shape index (κ1) is 21.2. The zero-order valence-electron chi connectivity index (χ0n) is 14.1. The number of hydrogen-bond donors (Lipinski definition) is 1. The van der Waals surface area contributed by atoms with Crippen LogP contribution in [0.3, 0.4) is 0 Å². The molecule has 0 amide bonds. The minimum absolute atomic E-state index is 0.00560. The fraction of sp³-hybridized carbons (Fsp3) is 0.188. The van der Waals surface area contributed by atoms with Crippen molar-refractivity contribution in [2.24, 2.45) is 10.7 Å². The van der Waals surface area contributed by atoms with Gasteiger partial charge < -0.3 is 5.73 Å². The van der Waals surface area contributed by atoms with Crippen LogP contribution in [0, 0.1) is 29.6 Å². The molecule has 0 saturated carbocycles. The van der Waals surface area contributed by atoms with E-state index in [0.29, 0.717) is 11.4 Å². The molecule has 0 saturated heterocycles. The summed E-state index contributed by atoms with van der Waals surface area (Å²) in [4.78, 5) is 4.82. The predicted octanol–water partition coefficient (Wildman–Crippen LogP) is 3.73. The first-order valence-corrected chi connectivity index (χ1v) is 8.16. The number of nitriles is 2. The van der Waals surface area contributed by atoms with Gasteiger partial charge in [-0.3, -0.25) is 0 Å². The van der Waals surface area contributed by atoms with Crippen LogP contribution in [0.25, 0.3) is 5.69 Å². The summed E-state index contributed by atoms with van der Waals surface area (Å²) in [5.41, 5.74) is 4.60. The molecule has 0 aliphatic carbocycles. The lowest BCUT2D eigenvalue weighted by atomic mass is 10.2. The Hall–Kier alpha value is -3.08. The van der Waals surface area contributed by atoms with Gasteiger partial charge in [0, 0.05) is 12.6 Å². The van der Waals surface area contributed by atoms with Gasteiger partial charge in [-0.25, -0.2) is 4.99 Å². The molecule has 0 aliphatic rings. The van der Waals surface area contributed by atoms with Crippen molar-refractivity contribution < 1.29 is 13.2 Å². The van der Waals surface area contributed by atoms with Crippen molar-refractivity contribution in [2.45, 2.75) is 19.5 Å². The highest BCUT2D eigenvalue weighted by Gasteiger charge is 2.32. The number of aliphatic imine (C=N–C) groups is 1. The monoisotopic (exact) mass is 427 g/mol. The van der Waals surface area contributed by atoms with E-state index in [4.69, 9.17) is 39.5 Å². The van der Waals surface area contributed by atoms with Crippen molar-refractivity contribution in [3.8, 4) is 17.8 Å². The molecule has 1 aromatic heterocycles. The third-order valence-electron chi connectivity index (χ3n) is 3.41.